The number of halogens is 2. The van der Waals surface area contributed by atoms with Gasteiger partial charge in [-0.1, -0.05) is 30.3 Å². The Hall–Kier alpha value is -1.78. The summed E-state index contributed by atoms with van der Waals surface area (Å²) in [6.07, 6.45) is -0.918. The minimum absolute atomic E-state index is 0.0583. The molecular weight excluding hydrogens is 260 g/mol. The molecule has 0 saturated heterocycles. The van der Waals surface area contributed by atoms with Crippen LogP contribution in [0.4, 0.5) is 8.78 Å². The van der Waals surface area contributed by atoms with E-state index in [0.29, 0.717) is 0 Å². The molecule has 4 heteroatoms. The van der Waals surface area contributed by atoms with Gasteiger partial charge in [0.1, 0.15) is 11.6 Å². The molecule has 0 fully saturated rings. The Bertz CT molecular complexity index is 557. The van der Waals surface area contributed by atoms with Crippen LogP contribution >= 0.6 is 0 Å². The van der Waals surface area contributed by atoms with E-state index in [1.807, 2.05) is 6.92 Å². The Morgan fingerprint density at radius 2 is 1.70 bits per heavy atom. The van der Waals surface area contributed by atoms with Crippen LogP contribution in [-0.4, -0.2) is 11.7 Å². The summed E-state index contributed by atoms with van der Waals surface area (Å²) in [6.45, 7) is 2.13. The van der Waals surface area contributed by atoms with E-state index in [0.717, 1.165) is 5.56 Å². The summed E-state index contributed by atoms with van der Waals surface area (Å²) < 4.78 is 26.3. The highest BCUT2D eigenvalue weighted by atomic mass is 19.1. The van der Waals surface area contributed by atoms with Gasteiger partial charge in [-0.05, 0) is 30.7 Å². The van der Waals surface area contributed by atoms with E-state index in [9.17, 15) is 13.9 Å². The number of nitrogens with one attached hydrogen (secondary N) is 1. The quantitative estimate of drug-likeness (QED) is 0.878. The van der Waals surface area contributed by atoms with Gasteiger partial charge in [0.25, 0.3) is 0 Å². The zero-order valence-electron chi connectivity index (χ0n) is 11.2. The van der Waals surface area contributed by atoms with Crippen LogP contribution < -0.4 is 5.32 Å². The molecule has 106 valence electrons. The van der Waals surface area contributed by atoms with Gasteiger partial charge in [-0.3, -0.25) is 0 Å². The first-order chi connectivity index (χ1) is 9.58. The zero-order chi connectivity index (χ0) is 14.5. The highest BCUT2D eigenvalue weighted by Crippen LogP contribution is 2.18. The van der Waals surface area contributed by atoms with E-state index in [-0.39, 0.29) is 24.0 Å². The third kappa shape index (κ3) is 3.62. The van der Waals surface area contributed by atoms with E-state index in [4.69, 9.17) is 0 Å². The maximum absolute atomic E-state index is 13.5. The fraction of sp³-hybridized carbons (Fsp3) is 0.250. The number of hydrogen-bond acceptors (Lipinski definition) is 2. The Labute approximate surface area is 117 Å². The molecule has 2 N–H and O–H groups in total. The van der Waals surface area contributed by atoms with E-state index in [2.05, 4.69) is 5.32 Å². The molecule has 0 aromatic heterocycles. The average Bonchev–Trinajstić information content (AvgIpc) is 2.45. The second-order valence-electron chi connectivity index (χ2n) is 4.72. The van der Waals surface area contributed by atoms with Gasteiger partial charge in [0.2, 0.25) is 0 Å². The average molecular weight is 277 g/mol. The second kappa shape index (κ2) is 6.59. The Morgan fingerprint density at radius 3 is 2.35 bits per heavy atom. The van der Waals surface area contributed by atoms with Crippen LogP contribution in [0.15, 0.2) is 48.5 Å². The summed E-state index contributed by atoms with van der Waals surface area (Å²) in [5, 5.41) is 13.1. The summed E-state index contributed by atoms with van der Waals surface area (Å²) in [7, 11) is 0. The van der Waals surface area contributed by atoms with Gasteiger partial charge in [0.05, 0.1) is 6.10 Å². The Morgan fingerprint density at radius 1 is 1.05 bits per heavy atom. The second-order valence-corrected chi connectivity index (χ2v) is 4.72. The van der Waals surface area contributed by atoms with Crippen LogP contribution in [0.2, 0.25) is 0 Å². The molecule has 2 aromatic carbocycles. The first-order valence-corrected chi connectivity index (χ1v) is 6.49. The molecule has 2 nitrogen and oxygen atoms in total. The molecule has 2 atom stereocenters. The lowest BCUT2D eigenvalue weighted by atomic mass is 10.1. The highest BCUT2D eigenvalue weighted by Gasteiger charge is 2.13. The predicted molar refractivity (Wildman–Crippen MR) is 74.2 cm³/mol. The van der Waals surface area contributed by atoms with Crippen LogP contribution in [-0.2, 0) is 0 Å². The van der Waals surface area contributed by atoms with Crippen molar-refractivity contribution in [2.45, 2.75) is 19.1 Å². The number of hydrogen-bond donors (Lipinski definition) is 2. The summed E-state index contributed by atoms with van der Waals surface area (Å²) >= 11 is 0. The lowest BCUT2D eigenvalue weighted by Crippen LogP contribution is -2.25. The van der Waals surface area contributed by atoms with E-state index < -0.39 is 11.9 Å². The van der Waals surface area contributed by atoms with Crippen molar-refractivity contribution in [3.05, 3.63) is 71.3 Å². The molecule has 0 saturated carbocycles. The van der Waals surface area contributed by atoms with Crippen molar-refractivity contribution < 1.29 is 13.9 Å². The van der Waals surface area contributed by atoms with Crippen molar-refractivity contribution in [2.75, 3.05) is 6.54 Å². The fourth-order valence-corrected chi connectivity index (χ4v) is 2.01. The van der Waals surface area contributed by atoms with Gasteiger partial charge >= 0.3 is 0 Å². The largest absolute Gasteiger partial charge is 0.387 e. The molecule has 20 heavy (non-hydrogen) atoms. The molecule has 0 spiro atoms. The lowest BCUT2D eigenvalue weighted by Gasteiger charge is -2.18. The number of benzene rings is 2. The topological polar surface area (TPSA) is 32.3 Å². The first kappa shape index (κ1) is 14.6. The maximum atomic E-state index is 13.5. The maximum Gasteiger partial charge on any atom is 0.129 e. The van der Waals surface area contributed by atoms with Crippen LogP contribution in [0.25, 0.3) is 0 Å². The van der Waals surface area contributed by atoms with Crippen molar-refractivity contribution in [1.82, 2.24) is 5.32 Å². The van der Waals surface area contributed by atoms with Gasteiger partial charge in [-0.25, -0.2) is 8.78 Å². The summed E-state index contributed by atoms with van der Waals surface area (Å²) in [4.78, 5) is 0. The monoisotopic (exact) mass is 277 g/mol. The SMILES string of the molecule is CC(NCC(O)c1ccccc1F)c1ccc(F)cc1. The smallest absolute Gasteiger partial charge is 0.129 e. The third-order valence-electron chi connectivity index (χ3n) is 3.25. The van der Waals surface area contributed by atoms with Crippen LogP contribution in [0, 0.1) is 11.6 Å². The van der Waals surface area contributed by atoms with Crippen molar-refractivity contribution in [1.29, 1.82) is 0 Å². The molecule has 0 aliphatic heterocycles. The van der Waals surface area contributed by atoms with Gasteiger partial charge in [0.15, 0.2) is 0 Å². The van der Waals surface area contributed by atoms with Crippen LogP contribution in [0.5, 0.6) is 0 Å². The van der Waals surface area contributed by atoms with E-state index in [1.165, 1.54) is 18.2 Å². The Kier molecular flexibility index (Phi) is 4.82. The third-order valence-corrected chi connectivity index (χ3v) is 3.25. The molecule has 0 heterocycles. The number of aliphatic hydroxyl groups is 1. The molecule has 0 aliphatic rings. The lowest BCUT2D eigenvalue weighted by molar-refractivity contribution is 0.166. The summed E-state index contributed by atoms with van der Waals surface area (Å²) in [5.41, 5.74) is 1.18. The van der Waals surface area contributed by atoms with Crippen molar-refractivity contribution >= 4 is 0 Å². The van der Waals surface area contributed by atoms with Crippen LogP contribution in [0.1, 0.15) is 30.2 Å². The van der Waals surface area contributed by atoms with Gasteiger partial charge in [-0.2, -0.15) is 0 Å². The molecule has 2 unspecified atom stereocenters. The molecule has 0 bridgehead atoms. The van der Waals surface area contributed by atoms with Crippen molar-refractivity contribution in [3.63, 3.8) is 0 Å². The van der Waals surface area contributed by atoms with E-state index in [1.54, 1.807) is 30.3 Å². The minimum atomic E-state index is -0.918. The van der Waals surface area contributed by atoms with E-state index >= 15 is 0 Å². The van der Waals surface area contributed by atoms with Crippen molar-refractivity contribution in [3.8, 4) is 0 Å². The molecular formula is C16H17F2NO. The zero-order valence-corrected chi connectivity index (χ0v) is 11.2. The molecule has 0 amide bonds. The number of rotatable bonds is 5. The van der Waals surface area contributed by atoms with Crippen molar-refractivity contribution in [2.24, 2.45) is 0 Å². The molecule has 0 radical (unpaired) electrons. The summed E-state index contributed by atoms with van der Waals surface area (Å²) in [6, 6.07) is 12.2. The predicted octanol–water partition coefficient (Wildman–Crippen LogP) is 3.35. The molecule has 2 aromatic rings. The normalized spacial score (nSPS) is 14.0. The molecule has 2 rings (SSSR count). The highest BCUT2D eigenvalue weighted by molar-refractivity contribution is 5.21. The Balaban J connectivity index is 1.95. The van der Waals surface area contributed by atoms with Gasteiger partial charge < -0.3 is 10.4 Å². The van der Waals surface area contributed by atoms with Gasteiger partial charge in [0, 0.05) is 18.2 Å². The van der Waals surface area contributed by atoms with Crippen LogP contribution in [0.3, 0.4) is 0 Å². The standard InChI is InChI=1S/C16H17F2NO/c1-11(12-6-8-13(17)9-7-12)19-10-16(20)14-4-2-3-5-15(14)18/h2-9,11,16,19-20H,10H2,1H3. The number of aliphatic hydroxyl groups excluding tert-OH is 1. The minimum Gasteiger partial charge on any atom is -0.387 e. The first-order valence-electron chi connectivity index (χ1n) is 6.49. The fourth-order valence-electron chi connectivity index (χ4n) is 2.01. The molecule has 0 aliphatic carbocycles. The van der Waals surface area contributed by atoms with Gasteiger partial charge in [-0.15, -0.1) is 0 Å². The summed E-state index contributed by atoms with van der Waals surface area (Å²) in [5.74, 6) is -0.705.